The molecular formula is C11H16N2O2. The smallest absolute Gasteiger partial charge is 0.320 e. The Labute approximate surface area is 88.7 Å². The summed E-state index contributed by atoms with van der Waals surface area (Å²) in [5.74, 6) is -0.744. The zero-order valence-electron chi connectivity index (χ0n) is 8.79. The molecule has 1 saturated heterocycles. The quantitative estimate of drug-likeness (QED) is 0.691. The van der Waals surface area contributed by atoms with Gasteiger partial charge in [0.25, 0.3) is 0 Å². The lowest BCUT2D eigenvalue weighted by atomic mass is 9.95. The summed E-state index contributed by atoms with van der Waals surface area (Å²) in [7, 11) is 0. The third kappa shape index (κ3) is 2.21. The number of rotatable bonds is 2. The van der Waals surface area contributed by atoms with Crippen molar-refractivity contribution in [1.82, 2.24) is 10.3 Å². The summed E-state index contributed by atoms with van der Waals surface area (Å²) in [4.78, 5) is 14.0. The van der Waals surface area contributed by atoms with Crippen LogP contribution in [0.1, 0.15) is 36.6 Å². The molecule has 1 aliphatic rings. The van der Waals surface area contributed by atoms with Crippen LogP contribution in [0.25, 0.3) is 0 Å². The van der Waals surface area contributed by atoms with E-state index in [1.54, 1.807) is 0 Å². The van der Waals surface area contributed by atoms with Crippen LogP contribution >= 0.6 is 0 Å². The predicted octanol–water partition coefficient (Wildman–Crippen LogP) is 1.59. The van der Waals surface area contributed by atoms with Gasteiger partial charge in [-0.3, -0.25) is 10.1 Å². The highest BCUT2D eigenvalue weighted by atomic mass is 16.4. The molecule has 3 N–H and O–H groups in total. The fraction of sp³-hybridized carbons (Fsp3) is 0.545. The summed E-state index contributed by atoms with van der Waals surface area (Å²) in [5, 5.41) is 12.1. The van der Waals surface area contributed by atoms with Crippen molar-refractivity contribution in [2.24, 2.45) is 0 Å². The number of aromatic nitrogens is 1. The predicted molar refractivity (Wildman–Crippen MR) is 56.7 cm³/mol. The Hall–Kier alpha value is -1.29. The van der Waals surface area contributed by atoms with Gasteiger partial charge in [-0.25, -0.2) is 0 Å². The van der Waals surface area contributed by atoms with Crippen molar-refractivity contribution in [3.05, 3.63) is 23.5 Å². The average molecular weight is 208 g/mol. The zero-order valence-corrected chi connectivity index (χ0v) is 8.79. The Morgan fingerprint density at radius 3 is 2.93 bits per heavy atom. The van der Waals surface area contributed by atoms with E-state index in [1.165, 1.54) is 5.56 Å². The maximum atomic E-state index is 10.9. The lowest BCUT2D eigenvalue weighted by molar-refractivity contribution is -0.140. The number of piperidine rings is 1. The number of aryl methyl sites for hydroxylation is 1. The number of aromatic amines is 1. The standard InChI is InChI=1S/C11H16N2O2/c1-7-5-8(6-12-7)9-3-2-4-10(13-9)11(14)15/h5-6,9-10,12-13H,2-4H2,1H3,(H,14,15). The van der Waals surface area contributed by atoms with E-state index in [1.807, 2.05) is 13.1 Å². The highest BCUT2D eigenvalue weighted by Gasteiger charge is 2.26. The Balaban J connectivity index is 2.07. The third-order valence-corrected chi connectivity index (χ3v) is 2.94. The molecule has 1 fully saturated rings. The molecule has 2 atom stereocenters. The molecule has 0 radical (unpaired) electrons. The number of carbonyl (C=O) groups is 1. The van der Waals surface area contributed by atoms with Crippen molar-refractivity contribution in [1.29, 1.82) is 0 Å². The molecule has 4 nitrogen and oxygen atoms in total. The van der Waals surface area contributed by atoms with Gasteiger partial charge >= 0.3 is 5.97 Å². The largest absolute Gasteiger partial charge is 0.480 e. The van der Waals surface area contributed by atoms with E-state index >= 15 is 0 Å². The van der Waals surface area contributed by atoms with Gasteiger partial charge in [0.05, 0.1) is 0 Å². The van der Waals surface area contributed by atoms with Gasteiger partial charge in [0.1, 0.15) is 6.04 Å². The normalized spacial score (nSPS) is 26.5. The summed E-state index contributed by atoms with van der Waals surface area (Å²) in [6.45, 7) is 2.00. The molecule has 82 valence electrons. The maximum Gasteiger partial charge on any atom is 0.320 e. The van der Waals surface area contributed by atoms with Gasteiger partial charge in [-0.2, -0.15) is 0 Å². The van der Waals surface area contributed by atoms with Gasteiger partial charge in [0, 0.05) is 17.9 Å². The zero-order chi connectivity index (χ0) is 10.8. The summed E-state index contributed by atoms with van der Waals surface area (Å²) < 4.78 is 0. The number of aliphatic carboxylic acids is 1. The number of hydrogen-bond donors (Lipinski definition) is 3. The van der Waals surface area contributed by atoms with E-state index < -0.39 is 5.97 Å². The molecule has 2 rings (SSSR count). The summed E-state index contributed by atoms with van der Waals surface area (Å²) in [6, 6.07) is 1.87. The Bertz CT molecular complexity index is 359. The van der Waals surface area contributed by atoms with Crippen molar-refractivity contribution < 1.29 is 9.90 Å². The molecule has 15 heavy (non-hydrogen) atoms. The number of hydrogen-bond acceptors (Lipinski definition) is 2. The number of carboxylic acids is 1. The summed E-state index contributed by atoms with van der Waals surface area (Å²) in [5.41, 5.74) is 2.28. The molecule has 4 heteroatoms. The van der Waals surface area contributed by atoms with E-state index in [9.17, 15) is 4.79 Å². The minimum atomic E-state index is -0.744. The molecule has 1 aliphatic heterocycles. The van der Waals surface area contributed by atoms with Crippen LogP contribution in [0.15, 0.2) is 12.3 Å². The number of carboxylic acid groups (broad SMARTS) is 1. The SMILES string of the molecule is Cc1cc(C2CCCC(C(=O)O)N2)c[nH]1. The van der Waals surface area contributed by atoms with Gasteiger partial charge in [-0.1, -0.05) is 0 Å². The molecule has 1 aromatic rings. The van der Waals surface area contributed by atoms with E-state index in [0.29, 0.717) is 0 Å². The van der Waals surface area contributed by atoms with Gasteiger partial charge in [0.15, 0.2) is 0 Å². The van der Waals surface area contributed by atoms with Crippen molar-refractivity contribution in [3.8, 4) is 0 Å². The minimum Gasteiger partial charge on any atom is -0.480 e. The molecule has 1 aromatic heterocycles. The van der Waals surface area contributed by atoms with Gasteiger partial charge in [0.2, 0.25) is 0 Å². The van der Waals surface area contributed by atoms with E-state index in [0.717, 1.165) is 25.0 Å². The third-order valence-electron chi connectivity index (χ3n) is 2.94. The molecule has 0 aromatic carbocycles. The first-order chi connectivity index (χ1) is 7.16. The lowest BCUT2D eigenvalue weighted by Gasteiger charge is -2.28. The van der Waals surface area contributed by atoms with Crippen LogP contribution in [0.3, 0.4) is 0 Å². The maximum absolute atomic E-state index is 10.9. The monoisotopic (exact) mass is 208 g/mol. The topological polar surface area (TPSA) is 65.1 Å². The van der Waals surface area contributed by atoms with Crippen molar-refractivity contribution in [2.45, 2.75) is 38.3 Å². The first-order valence-corrected chi connectivity index (χ1v) is 5.30. The van der Waals surface area contributed by atoms with Crippen LogP contribution in [0.2, 0.25) is 0 Å². The Morgan fingerprint density at radius 1 is 1.53 bits per heavy atom. The van der Waals surface area contributed by atoms with Gasteiger partial charge < -0.3 is 10.1 Å². The fourth-order valence-electron chi connectivity index (χ4n) is 2.12. The van der Waals surface area contributed by atoms with Crippen LogP contribution in [-0.2, 0) is 4.79 Å². The van der Waals surface area contributed by atoms with Crippen LogP contribution in [0.5, 0.6) is 0 Å². The molecule has 0 bridgehead atoms. The molecule has 0 amide bonds. The fourth-order valence-corrected chi connectivity index (χ4v) is 2.12. The molecule has 0 spiro atoms. The molecule has 0 aliphatic carbocycles. The molecular weight excluding hydrogens is 192 g/mol. The van der Waals surface area contributed by atoms with Crippen LogP contribution < -0.4 is 5.32 Å². The first-order valence-electron chi connectivity index (χ1n) is 5.30. The van der Waals surface area contributed by atoms with Crippen LogP contribution in [0, 0.1) is 6.92 Å². The molecule has 2 heterocycles. The van der Waals surface area contributed by atoms with Crippen molar-refractivity contribution in [3.63, 3.8) is 0 Å². The average Bonchev–Trinajstić information content (AvgIpc) is 2.65. The van der Waals surface area contributed by atoms with Crippen molar-refractivity contribution >= 4 is 5.97 Å². The lowest BCUT2D eigenvalue weighted by Crippen LogP contribution is -2.42. The van der Waals surface area contributed by atoms with E-state index in [4.69, 9.17) is 5.11 Å². The number of H-pyrrole nitrogens is 1. The van der Waals surface area contributed by atoms with E-state index in [-0.39, 0.29) is 12.1 Å². The minimum absolute atomic E-state index is 0.185. The second-order valence-corrected chi connectivity index (χ2v) is 4.16. The van der Waals surface area contributed by atoms with Crippen LogP contribution in [0.4, 0.5) is 0 Å². The van der Waals surface area contributed by atoms with Crippen molar-refractivity contribution in [2.75, 3.05) is 0 Å². The first kappa shape index (κ1) is 10.2. The van der Waals surface area contributed by atoms with Gasteiger partial charge in [-0.15, -0.1) is 0 Å². The summed E-state index contributed by atoms with van der Waals surface area (Å²) >= 11 is 0. The second-order valence-electron chi connectivity index (χ2n) is 4.16. The Morgan fingerprint density at radius 2 is 2.33 bits per heavy atom. The Kier molecular flexibility index (Phi) is 2.77. The highest BCUT2D eigenvalue weighted by Crippen LogP contribution is 2.25. The number of nitrogens with one attached hydrogen (secondary N) is 2. The molecule has 0 saturated carbocycles. The van der Waals surface area contributed by atoms with Crippen LogP contribution in [-0.4, -0.2) is 22.1 Å². The molecule has 2 unspecified atom stereocenters. The second kappa shape index (κ2) is 4.06. The highest BCUT2D eigenvalue weighted by molar-refractivity contribution is 5.73. The van der Waals surface area contributed by atoms with E-state index in [2.05, 4.69) is 16.4 Å². The summed E-state index contributed by atoms with van der Waals surface area (Å²) in [6.07, 6.45) is 4.67. The van der Waals surface area contributed by atoms with Gasteiger partial charge in [-0.05, 0) is 37.8 Å².